The van der Waals surface area contributed by atoms with Gasteiger partial charge in [0.1, 0.15) is 11.5 Å². The second-order valence-electron chi connectivity index (χ2n) is 8.53. The lowest BCUT2D eigenvalue weighted by Crippen LogP contribution is -2.22. The van der Waals surface area contributed by atoms with Crippen molar-refractivity contribution in [2.45, 2.75) is 12.3 Å². The van der Waals surface area contributed by atoms with E-state index in [9.17, 15) is 9.59 Å². The van der Waals surface area contributed by atoms with E-state index in [-0.39, 0.29) is 18.0 Å². The fraction of sp³-hybridized carbons (Fsp3) is 0.241. The topological polar surface area (TPSA) is 98.8 Å². The molecule has 0 amide bonds. The summed E-state index contributed by atoms with van der Waals surface area (Å²) < 4.78 is 39.3. The molecule has 5 rings (SSSR count). The van der Waals surface area contributed by atoms with Crippen LogP contribution in [0.15, 0.2) is 48.2 Å². The van der Waals surface area contributed by atoms with Crippen molar-refractivity contribution in [3.63, 3.8) is 0 Å². The molecule has 0 bridgehead atoms. The van der Waals surface area contributed by atoms with Gasteiger partial charge in [-0.2, -0.15) is 0 Å². The molecule has 0 saturated carbocycles. The van der Waals surface area contributed by atoms with Gasteiger partial charge < -0.3 is 33.2 Å². The number of Topliss-reactive ketones (excluding diaryl/α,β-unsaturated/α-hetero) is 1. The lowest BCUT2D eigenvalue weighted by atomic mass is 9.84. The van der Waals surface area contributed by atoms with Crippen LogP contribution < -0.4 is 33.2 Å². The first kappa shape index (κ1) is 25.0. The molecule has 0 spiro atoms. The number of para-hydroxylation sites is 1. The maximum atomic E-state index is 13.4. The van der Waals surface area contributed by atoms with Gasteiger partial charge in [0.2, 0.25) is 11.5 Å². The Balaban J connectivity index is 1.65. The molecule has 1 atom stereocenters. The van der Waals surface area contributed by atoms with Crippen molar-refractivity contribution in [3.8, 4) is 40.2 Å². The van der Waals surface area contributed by atoms with E-state index in [0.29, 0.717) is 62.5 Å². The molecular formula is C29H26O9. The summed E-state index contributed by atoms with van der Waals surface area (Å²) in [4.78, 5) is 26.0. The molecule has 9 nitrogen and oxygen atoms in total. The number of ketones is 1. The van der Waals surface area contributed by atoms with E-state index in [0.717, 1.165) is 0 Å². The number of hydrogen-bond donors (Lipinski definition) is 0. The highest BCUT2D eigenvalue weighted by Gasteiger charge is 2.40. The Kier molecular flexibility index (Phi) is 6.59. The first-order valence-corrected chi connectivity index (χ1v) is 11.8. The van der Waals surface area contributed by atoms with Crippen LogP contribution in [-0.4, -0.2) is 47.3 Å². The lowest BCUT2D eigenvalue weighted by molar-refractivity contribution is -0.135. The van der Waals surface area contributed by atoms with Crippen LogP contribution in [0, 0.1) is 0 Å². The van der Waals surface area contributed by atoms with Crippen molar-refractivity contribution in [2.24, 2.45) is 0 Å². The second kappa shape index (κ2) is 10.0. The summed E-state index contributed by atoms with van der Waals surface area (Å²) in [5, 5.41) is 0. The van der Waals surface area contributed by atoms with E-state index in [1.54, 1.807) is 48.5 Å². The fourth-order valence-electron chi connectivity index (χ4n) is 4.94. The number of ether oxygens (including phenoxy) is 7. The second-order valence-corrected chi connectivity index (χ2v) is 8.53. The Labute approximate surface area is 219 Å². The summed E-state index contributed by atoms with van der Waals surface area (Å²) >= 11 is 0. The monoisotopic (exact) mass is 518 g/mol. The number of hydrogen-bond acceptors (Lipinski definition) is 9. The van der Waals surface area contributed by atoms with Gasteiger partial charge in [0.05, 0.1) is 47.5 Å². The van der Waals surface area contributed by atoms with Gasteiger partial charge >= 0.3 is 5.97 Å². The predicted octanol–water partition coefficient (Wildman–Crippen LogP) is 4.79. The Bertz CT molecular complexity index is 1470. The molecule has 2 aliphatic heterocycles. The van der Waals surface area contributed by atoms with Crippen molar-refractivity contribution < 1.29 is 42.7 Å². The molecule has 0 saturated heterocycles. The molecule has 3 aromatic rings. The SMILES string of the molecule is COc1cccc(/C=C2\Oc3c(ccc4c3[C@@H](c3ccc(OC)c(OC)c3OC)CC(=O)O4)C2=O)c1OC. The number of methoxy groups -OCH3 is 5. The number of rotatable bonds is 7. The predicted molar refractivity (Wildman–Crippen MR) is 137 cm³/mol. The van der Waals surface area contributed by atoms with Crippen LogP contribution in [0.3, 0.4) is 0 Å². The molecule has 38 heavy (non-hydrogen) atoms. The van der Waals surface area contributed by atoms with E-state index >= 15 is 0 Å². The Morgan fingerprint density at radius 3 is 2.16 bits per heavy atom. The van der Waals surface area contributed by atoms with E-state index in [2.05, 4.69) is 0 Å². The van der Waals surface area contributed by atoms with Crippen molar-refractivity contribution in [3.05, 3.63) is 70.5 Å². The molecule has 0 aromatic heterocycles. The first-order valence-electron chi connectivity index (χ1n) is 11.8. The average molecular weight is 519 g/mol. The van der Waals surface area contributed by atoms with Gasteiger partial charge in [-0.05, 0) is 30.3 Å². The quantitative estimate of drug-likeness (QED) is 0.248. The molecule has 0 fully saturated rings. The van der Waals surface area contributed by atoms with Crippen LogP contribution in [0.4, 0.5) is 0 Å². The highest BCUT2D eigenvalue weighted by molar-refractivity contribution is 6.15. The zero-order chi connectivity index (χ0) is 27.0. The van der Waals surface area contributed by atoms with Crippen LogP contribution in [0.5, 0.6) is 40.2 Å². The highest BCUT2D eigenvalue weighted by atomic mass is 16.5. The van der Waals surface area contributed by atoms with E-state index in [4.69, 9.17) is 33.2 Å². The Morgan fingerprint density at radius 2 is 1.47 bits per heavy atom. The summed E-state index contributed by atoms with van der Waals surface area (Å²) in [7, 11) is 7.62. The maximum absolute atomic E-state index is 13.4. The highest BCUT2D eigenvalue weighted by Crippen LogP contribution is 2.53. The van der Waals surface area contributed by atoms with Crippen LogP contribution in [0.25, 0.3) is 6.08 Å². The van der Waals surface area contributed by atoms with Crippen molar-refractivity contribution in [1.82, 2.24) is 0 Å². The number of benzene rings is 3. The van der Waals surface area contributed by atoms with Gasteiger partial charge in [-0.25, -0.2) is 0 Å². The Morgan fingerprint density at radius 1 is 0.763 bits per heavy atom. The van der Waals surface area contributed by atoms with Crippen molar-refractivity contribution >= 4 is 17.8 Å². The summed E-state index contributed by atoms with van der Waals surface area (Å²) in [5.74, 6) is 1.78. The summed E-state index contributed by atoms with van der Waals surface area (Å²) in [6, 6.07) is 12.1. The normalized spacial score (nSPS) is 16.8. The fourth-order valence-corrected chi connectivity index (χ4v) is 4.94. The first-order chi connectivity index (χ1) is 18.4. The minimum Gasteiger partial charge on any atom is -0.493 e. The number of esters is 1. The van der Waals surface area contributed by atoms with E-state index in [1.807, 2.05) is 0 Å². The van der Waals surface area contributed by atoms with Crippen LogP contribution >= 0.6 is 0 Å². The number of carbonyl (C=O) groups is 2. The zero-order valence-electron chi connectivity index (χ0n) is 21.6. The smallest absolute Gasteiger partial charge is 0.312 e. The van der Waals surface area contributed by atoms with Gasteiger partial charge in [0, 0.05) is 22.6 Å². The minimum atomic E-state index is -0.533. The van der Waals surface area contributed by atoms with Gasteiger partial charge in [-0.3, -0.25) is 9.59 Å². The third-order valence-corrected chi connectivity index (χ3v) is 6.61. The largest absolute Gasteiger partial charge is 0.493 e. The molecule has 2 aliphatic rings. The lowest BCUT2D eigenvalue weighted by Gasteiger charge is -2.28. The van der Waals surface area contributed by atoms with Crippen LogP contribution in [0.1, 0.15) is 39.4 Å². The molecular weight excluding hydrogens is 492 g/mol. The standard InChI is InChI=1S/C29H26O9/c1-32-20-8-6-7-15(26(20)34-3)13-22-25(31)17-10-11-19-24(27(17)38-22)18(14-23(30)37-19)16-9-12-21(33-2)29(36-5)28(16)35-4/h6-13,18H,14H2,1-5H3/b22-13-/t18-/m1/s1. The number of carbonyl (C=O) groups excluding carboxylic acids is 2. The number of fused-ring (bicyclic) bond motifs is 3. The van der Waals surface area contributed by atoms with E-state index < -0.39 is 11.9 Å². The van der Waals surface area contributed by atoms with Gasteiger partial charge in [0.15, 0.2) is 28.8 Å². The molecule has 0 aliphatic carbocycles. The number of allylic oxidation sites excluding steroid dienone is 1. The average Bonchev–Trinajstić information content (AvgIpc) is 3.25. The van der Waals surface area contributed by atoms with Gasteiger partial charge in [-0.15, -0.1) is 0 Å². The molecule has 0 unspecified atom stereocenters. The Hall–Kier alpha value is -4.66. The minimum absolute atomic E-state index is 0.00953. The zero-order valence-corrected chi connectivity index (χ0v) is 21.6. The van der Waals surface area contributed by atoms with Crippen LogP contribution in [-0.2, 0) is 4.79 Å². The molecule has 196 valence electrons. The maximum Gasteiger partial charge on any atom is 0.312 e. The molecule has 3 aromatic carbocycles. The van der Waals surface area contributed by atoms with Crippen molar-refractivity contribution in [2.75, 3.05) is 35.5 Å². The molecule has 0 N–H and O–H groups in total. The summed E-state index contributed by atoms with van der Waals surface area (Å²) in [6.45, 7) is 0. The molecule has 2 heterocycles. The third kappa shape index (κ3) is 3.96. The summed E-state index contributed by atoms with van der Waals surface area (Å²) in [6.07, 6.45) is 1.62. The van der Waals surface area contributed by atoms with E-state index in [1.165, 1.54) is 35.5 Å². The molecule has 0 radical (unpaired) electrons. The summed E-state index contributed by atoms with van der Waals surface area (Å²) in [5.41, 5.74) is 2.21. The molecule has 9 heteroatoms. The van der Waals surface area contributed by atoms with Crippen LogP contribution in [0.2, 0.25) is 0 Å². The third-order valence-electron chi connectivity index (χ3n) is 6.61. The van der Waals surface area contributed by atoms with Gasteiger partial charge in [0.25, 0.3) is 0 Å². The van der Waals surface area contributed by atoms with Crippen molar-refractivity contribution in [1.29, 1.82) is 0 Å². The van der Waals surface area contributed by atoms with Gasteiger partial charge in [-0.1, -0.05) is 18.2 Å².